The van der Waals surface area contributed by atoms with E-state index < -0.39 is 5.97 Å². The quantitative estimate of drug-likeness (QED) is 0.714. The fourth-order valence-corrected chi connectivity index (χ4v) is 0.821. The molecule has 4 heteroatoms. The average Bonchev–Trinajstić information content (AvgIpc) is 2.19. The molecule has 0 aliphatic heterocycles. The van der Waals surface area contributed by atoms with Crippen molar-refractivity contribution in [1.82, 2.24) is 9.97 Å². The van der Waals surface area contributed by atoms with E-state index in [9.17, 15) is 4.79 Å². The second-order valence-electron chi connectivity index (χ2n) is 2.65. The lowest BCUT2D eigenvalue weighted by atomic mass is 10.3. The highest BCUT2D eigenvalue weighted by atomic mass is 16.4. The molecular formula is C10H10N2O2. The van der Waals surface area contributed by atoms with Gasteiger partial charge >= 0.3 is 5.97 Å². The molecule has 0 spiro atoms. The van der Waals surface area contributed by atoms with Gasteiger partial charge in [0.15, 0.2) is 5.69 Å². The molecule has 0 aromatic carbocycles. The Bertz CT molecular complexity index is 391. The summed E-state index contributed by atoms with van der Waals surface area (Å²) in [7, 11) is 0. The van der Waals surface area contributed by atoms with E-state index in [1.165, 1.54) is 12.4 Å². The monoisotopic (exact) mass is 190 g/mol. The van der Waals surface area contributed by atoms with Crippen molar-refractivity contribution in [3.8, 4) is 11.8 Å². The number of carboxylic acid groups (broad SMARTS) is 1. The van der Waals surface area contributed by atoms with Gasteiger partial charge in [0.2, 0.25) is 0 Å². The lowest BCUT2D eigenvalue weighted by molar-refractivity contribution is 0.0690. The van der Waals surface area contributed by atoms with Crippen LogP contribution in [0.15, 0.2) is 12.4 Å². The molecule has 72 valence electrons. The minimum Gasteiger partial charge on any atom is -0.477 e. The smallest absolute Gasteiger partial charge is 0.354 e. The zero-order valence-electron chi connectivity index (χ0n) is 7.82. The summed E-state index contributed by atoms with van der Waals surface area (Å²) >= 11 is 0. The molecular weight excluding hydrogens is 180 g/mol. The summed E-state index contributed by atoms with van der Waals surface area (Å²) in [5, 5.41) is 8.64. The van der Waals surface area contributed by atoms with E-state index in [4.69, 9.17) is 5.11 Å². The Labute approximate surface area is 82.0 Å². The summed E-state index contributed by atoms with van der Waals surface area (Å²) in [5.41, 5.74) is 0.423. The molecule has 0 radical (unpaired) electrons. The van der Waals surface area contributed by atoms with Crippen molar-refractivity contribution in [3.63, 3.8) is 0 Å². The molecule has 1 rings (SSSR count). The summed E-state index contributed by atoms with van der Waals surface area (Å²) in [5.74, 6) is 4.60. The molecule has 0 saturated heterocycles. The Balaban J connectivity index is 2.85. The zero-order chi connectivity index (χ0) is 10.4. The molecule has 0 fully saturated rings. The first-order valence-corrected chi connectivity index (χ1v) is 4.28. The Morgan fingerprint density at radius 2 is 2.36 bits per heavy atom. The van der Waals surface area contributed by atoms with Gasteiger partial charge in [0.05, 0.1) is 0 Å². The maximum Gasteiger partial charge on any atom is 0.354 e. The van der Waals surface area contributed by atoms with Crippen LogP contribution in [0.2, 0.25) is 0 Å². The van der Waals surface area contributed by atoms with Crippen LogP contribution in [0.1, 0.15) is 35.9 Å². The predicted octanol–water partition coefficient (Wildman–Crippen LogP) is 1.33. The van der Waals surface area contributed by atoms with E-state index in [2.05, 4.69) is 21.8 Å². The number of rotatable bonds is 2. The standard InChI is InChI=1S/C10H10N2O2/c1-2-3-4-5-8-6-9(10(13)14)12-7-11-8/h6-7H,2-3H2,1H3,(H,13,14). The first kappa shape index (κ1) is 10.2. The number of hydrogen-bond donors (Lipinski definition) is 1. The Morgan fingerprint density at radius 1 is 1.57 bits per heavy atom. The van der Waals surface area contributed by atoms with Crippen LogP contribution in [-0.2, 0) is 0 Å². The maximum absolute atomic E-state index is 10.5. The first-order chi connectivity index (χ1) is 6.74. The molecule has 1 N–H and O–H groups in total. The van der Waals surface area contributed by atoms with Crippen LogP contribution in [0.5, 0.6) is 0 Å². The third kappa shape index (κ3) is 2.87. The number of carbonyl (C=O) groups is 1. The van der Waals surface area contributed by atoms with Gasteiger partial charge in [-0.2, -0.15) is 0 Å². The van der Waals surface area contributed by atoms with E-state index in [-0.39, 0.29) is 5.69 Å². The molecule has 1 aromatic rings. The highest BCUT2D eigenvalue weighted by Crippen LogP contribution is 1.96. The fourth-order valence-electron chi connectivity index (χ4n) is 0.821. The SMILES string of the molecule is CCCC#Cc1cc(C(=O)O)ncn1. The molecule has 14 heavy (non-hydrogen) atoms. The lowest BCUT2D eigenvalue weighted by Gasteiger charge is -1.92. The molecule has 1 aromatic heterocycles. The van der Waals surface area contributed by atoms with Gasteiger partial charge in [0.1, 0.15) is 12.0 Å². The fraction of sp³-hybridized carbons (Fsp3) is 0.300. The van der Waals surface area contributed by atoms with Gasteiger partial charge in [-0.3, -0.25) is 0 Å². The van der Waals surface area contributed by atoms with Crippen molar-refractivity contribution in [2.45, 2.75) is 19.8 Å². The average molecular weight is 190 g/mol. The van der Waals surface area contributed by atoms with Gasteiger partial charge in [-0.15, -0.1) is 0 Å². The number of hydrogen-bond acceptors (Lipinski definition) is 3. The zero-order valence-corrected chi connectivity index (χ0v) is 7.82. The summed E-state index contributed by atoms with van der Waals surface area (Å²) < 4.78 is 0. The molecule has 1 heterocycles. The molecule has 0 aliphatic rings. The Hall–Kier alpha value is -1.89. The molecule has 0 amide bonds. The van der Waals surface area contributed by atoms with Crippen LogP contribution in [0.3, 0.4) is 0 Å². The summed E-state index contributed by atoms with van der Waals surface area (Å²) in [6.45, 7) is 2.03. The summed E-state index contributed by atoms with van der Waals surface area (Å²) in [6, 6.07) is 1.37. The Morgan fingerprint density at radius 3 is 3.00 bits per heavy atom. The van der Waals surface area contributed by atoms with Crippen LogP contribution in [0.4, 0.5) is 0 Å². The second-order valence-corrected chi connectivity index (χ2v) is 2.65. The highest BCUT2D eigenvalue weighted by molar-refractivity contribution is 5.85. The molecule has 0 bridgehead atoms. The predicted molar refractivity (Wildman–Crippen MR) is 50.8 cm³/mol. The van der Waals surface area contributed by atoms with Crippen LogP contribution >= 0.6 is 0 Å². The van der Waals surface area contributed by atoms with Crippen LogP contribution < -0.4 is 0 Å². The van der Waals surface area contributed by atoms with Gasteiger partial charge in [-0.25, -0.2) is 14.8 Å². The van der Waals surface area contributed by atoms with Gasteiger partial charge < -0.3 is 5.11 Å². The van der Waals surface area contributed by atoms with Crippen LogP contribution in [0.25, 0.3) is 0 Å². The highest BCUT2D eigenvalue weighted by Gasteiger charge is 2.03. The number of unbranched alkanes of at least 4 members (excludes halogenated alkanes) is 1. The van der Waals surface area contributed by atoms with Crippen molar-refractivity contribution in [2.24, 2.45) is 0 Å². The molecule has 0 saturated carbocycles. The molecule has 0 unspecified atom stereocenters. The number of aromatic carboxylic acids is 1. The van der Waals surface area contributed by atoms with Crippen molar-refractivity contribution < 1.29 is 9.90 Å². The first-order valence-electron chi connectivity index (χ1n) is 4.28. The van der Waals surface area contributed by atoms with Crippen molar-refractivity contribution >= 4 is 5.97 Å². The number of nitrogens with zero attached hydrogens (tertiary/aromatic N) is 2. The van der Waals surface area contributed by atoms with E-state index in [0.717, 1.165) is 12.8 Å². The second kappa shape index (κ2) is 4.97. The van der Waals surface area contributed by atoms with E-state index in [1.807, 2.05) is 6.92 Å². The van der Waals surface area contributed by atoms with Gasteiger partial charge in [0.25, 0.3) is 0 Å². The maximum atomic E-state index is 10.5. The lowest BCUT2D eigenvalue weighted by Crippen LogP contribution is -2.01. The largest absolute Gasteiger partial charge is 0.477 e. The van der Waals surface area contributed by atoms with E-state index in [1.54, 1.807) is 0 Å². The minimum absolute atomic E-state index is 0.0270. The molecule has 4 nitrogen and oxygen atoms in total. The van der Waals surface area contributed by atoms with Crippen molar-refractivity contribution in [1.29, 1.82) is 0 Å². The van der Waals surface area contributed by atoms with Crippen molar-refractivity contribution in [2.75, 3.05) is 0 Å². The summed E-state index contributed by atoms with van der Waals surface area (Å²) in [6.07, 6.45) is 2.97. The minimum atomic E-state index is -1.06. The van der Waals surface area contributed by atoms with E-state index in [0.29, 0.717) is 5.69 Å². The van der Waals surface area contributed by atoms with Crippen molar-refractivity contribution in [3.05, 3.63) is 23.8 Å². The Kier molecular flexibility index (Phi) is 3.62. The summed E-state index contributed by atoms with van der Waals surface area (Å²) in [4.78, 5) is 18.0. The van der Waals surface area contributed by atoms with Gasteiger partial charge in [-0.1, -0.05) is 12.8 Å². The van der Waals surface area contributed by atoms with Gasteiger partial charge in [-0.05, 0) is 12.3 Å². The normalized spacial score (nSPS) is 8.93. The third-order valence-corrected chi connectivity index (χ3v) is 1.48. The number of carboxylic acids is 1. The molecule has 0 aliphatic carbocycles. The van der Waals surface area contributed by atoms with E-state index >= 15 is 0 Å². The third-order valence-electron chi connectivity index (χ3n) is 1.48. The topological polar surface area (TPSA) is 63.1 Å². The van der Waals surface area contributed by atoms with Crippen LogP contribution in [0, 0.1) is 11.8 Å². The number of aromatic nitrogens is 2. The molecule has 0 atom stereocenters. The van der Waals surface area contributed by atoms with Gasteiger partial charge in [0, 0.05) is 12.5 Å². The van der Waals surface area contributed by atoms with Crippen LogP contribution in [-0.4, -0.2) is 21.0 Å².